The highest BCUT2D eigenvalue weighted by Gasteiger charge is 2.43. The molecule has 3 aliphatic rings. The molecule has 0 bridgehead atoms. The number of rotatable bonds is 4. The van der Waals surface area contributed by atoms with E-state index in [0.29, 0.717) is 24.0 Å². The van der Waals surface area contributed by atoms with E-state index in [-0.39, 0.29) is 0 Å². The first-order chi connectivity index (χ1) is 14.1. The first kappa shape index (κ1) is 19.3. The molecular formula is C26H35N3. The molecule has 2 fully saturated rings. The lowest BCUT2D eigenvalue weighted by Gasteiger charge is -2.27. The van der Waals surface area contributed by atoms with Crippen molar-refractivity contribution in [2.45, 2.75) is 77.5 Å². The highest BCUT2D eigenvalue weighted by molar-refractivity contribution is 5.42. The molecule has 2 aromatic carbocycles. The highest BCUT2D eigenvalue weighted by atomic mass is 15.4. The van der Waals surface area contributed by atoms with Crippen molar-refractivity contribution in [3.8, 4) is 0 Å². The van der Waals surface area contributed by atoms with Crippen molar-refractivity contribution in [1.82, 2.24) is 16.2 Å². The molecule has 1 aliphatic heterocycles. The van der Waals surface area contributed by atoms with Gasteiger partial charge in [-0.3, -0.25) is 0 Å². The van der Waals surface area contributed by atoms with Crippen molar-refractivity contribution in [3.05, 3.63) is 69.8 Å². The number of aryl methyl sites for hydroxylation is 2. The van der Waals surface area contributed by atoms with Crippen LogP contribution in [0.15, 0.2) is 36.4 Å². The van der Waals surface area contributed by atoms with E-state index in [1.54, 1.807) is 5.56 Å². The van der Waals surface area contributed by atoms with Crippen LogP contribution < -0.4 is 16.2 Å². The van der Waals surface area contributed by atoms with E-state index in [9.17, 15) is 0 Å². The molecule has 0 radical (unpaired) electrons. The summed E-state index contributed by atoms with van der Waals surface area (Å²) in [6.45, 7) is 7.80. The van der Waals surface area contributed by atoms with Gasteiger partial charge in [-0.2, -0.15) is 0 Å². The average Bonchev–Trinajstić information content (AvgIpc) is 3.25. The van der Waals surface area contributed by atoms with Crippen LogP contribution in [0.2, 0.25) is 0 Å². The molecule has 0 amide bonds. The maximum absolute atomic E-state index is 3.82. The third-order valence-corrected chi connectivity index (χ3v) is 7.46. The molecule has 3 heteroatoms. The minimum atomic E-state index is 0.386. The van der Waals surface area contributed by atoms with Crippen LogP contribution in [0, 0.1) is 25.7 Å². The smallest absolute Gasteiger partial charge is 0.0515 e. The monoisotopic (exact) mass is 389 g/mol. The largest absolute Gasteiger partial charge is 0.310 e. The van der Waals surface area contributed by atoms with Gasteiger partial charge in [0.05, 0.1) is 12.1 Å². The Hall–Kier alpha value is -1.68. The molecule has 2 aliphatic carbocycles. The topological polar surface area (TPSA) is 36.1 Å². The Morgan fingerprint density at radius 3 is 2.38 bits per heavy atom. The van der Waals surface area contributed by atoms with Crippen LogP contribution in [0.5, 0.6) is 0 Å². The zero-order valence-electron chi connectivity index (χ0n) is 18.1. The van der Waals surface area contributed by atoms with Crippen LogP contribution in [0.25, 0.3) is 0 Å². The van der Waals surface area contributed by atoms with E-state index in [0.717, 1.165) is 18.9 Å². The lowest BCUT2D eigenvalue weighted by atomic mass is 9.87. The predicted octanol–water partition coefficient (Wildman–Crippen LogP) is 5.03. The standard InChI is InChI=1S/C26H35N3/c1-16-4-7-22(8-5-16)27-15-19-6-9-23-20(13-19)14-24-25(28-29-26(23)24)21-11-17(2)10-18(3)12-21/h6,9-13,16,22,24-29H,4-5,7-8,14-15H2,1-3H3. The van der Waals surface area contributed by atoms with Crippen LogP contribution in [-0.4, -0.2) is 6.04 Å². The van der Waals surface area contributed by atoms with Gasteiger partial charge < -0.3 is 5.32 Å². The molecule has 2 aromatic rings. The summed E-state index contributed by atoms with van der Waals surface area (Å²) in [6, 6.07) is 15.7. The van der Waals surface area contributed by atoms with Crippen LogP contribution >= 0.6 is 0 Å². The summed E-state index contributed by atoms with van der Waals surface area (Å²) < 4.78 is 0. The number of hydrogen-bond donors (Lipinski definition) is 3. The summed E-state index contributed by atoms with van der Waals surface area (Å²) in [7, 11) is 0. The molecule has 3 N–H and O–H groups in total. The Morgan fingerprint density at radius 1 is 0.897 bits per heavy atom. The summed E-state index contributed by atoms with van der Waals surface area (Å²) in [5, 5.41) is 3.82. The fraction of sp³-hybridized carbons (Fsp3) is 0.538. The van der Waals surface area contributed by atoms with Crippen molar-refractivity contribution in [1.29, 1.82) is 0 Å². The fourth-order valence-electron chi connectivity index (χ4n) is 5.88. The van der Waals surface area contributed by atoms with Gasteiger partial charge in [-0.1, -0.05) is 54.4 Å². The maximum atomic E-state index is 3.82. The van der Waals surface area contributed by atoms with Crippen molar-refractivity contribution in [2.75, 3.05) is 0 Å². The normalized spacial score (nSPS) is 30.9. The number of hydrazine groups is 1. The quantitative estimate of drug-likeness (QED) is 0.686. The SMILES string of the molecule is Cc1cc(C)cc(C2NNC3c4ccc(CNC5CCC(C)CC5)cc4CC23)c1. The summed E-state index contributed by atoms with van der Waals surface area (Å²) in [5.74, 6) is 1.51. The first-order valence-electron chi connectivity index (χ1n) is 11.5. The predicted molar refractivity (Wildman–Crippen MR) is 120 cm³/mol. The molecule has 3 atom stereocenters. The minimum Gasteiger partial charge on any atom is -0.310 e. The Morgan fingerprint density at radius 2 is 1.62 bits per heavy atom. The second-order valence-electron chi connectivity index (χ2n) is 9.90. The number of benzene rings is 2. The zero-order chi connectivity index (χ0) is 20.0. The molecule has 3 nitrogen and oxygen atoms in total. The second kappa shape index (κ2) is 7.86. The van der Waals surface area contributed by atoms with E-state index in [4.69, 9.17) is 0 Å². The lowest BCUT2D eigenvalue weighted by molar-refractivity contribution is 0.306. The molecule has 154 valence electrons. The molecule has 29 heavy (non-hydrogen) atoms. The Balaban J connectivity index is 1.28. The number of nitrogens with one attached hydrogen (secondary N) is 3. The molecule has 1 heterocycles. The van der Waals surface area contributed by atoms with Gasteiger partial charge in [0.25, 0.3) is 0 Å². The van der Waals surface area contributed by atoms with E-state index >= 15 is 0 Å². The van der Waals surface area contributed by atoms with Gasteiger partial charge in [0.15, 0.2) is 0 Å². The molecule has 0 aromatic heterocycles. The second-order valence-corrected chi connectivity index (χ2v) is 9.90. The van der Waals surface area contributed by atoms with Crippen LogP contribution in [-0.2, 0) is 13.0 Å². The number of hydrogen-bond acceptors (Lipinski definition) is 3. The van der Waals surface area contributed by atoms with Gasteiger partial charge in [0.1, 0.15) is 0 Å². The molecular weight excluding hydrogens is 354 g/mol. The summed E-state index contributed by atoms with van der Waals surface area (Å²) >= 11 is 0. The maximum Gasteiger partial charge on any atom is 0.0515 e. The van der Waals surface area contributed by atoms with E-state index in [1.165, 1.54) is 53.5 Å². The van der Waals surface area contributed by atoms with Crippen molar-refractivity contribution >= 4 is 0 Å². The van der Waals surface area contributed by atoms with Gasteiger partial charge in [-0.15, -0.1) is 0 Å². The van der Waals surface area contributed by atoms with Crippen molar-refractivity contribution in [2.24, 2.45) is 11.8 Å². The summed E-state index contributed by atoms with van der Waals surface area (Å²) in [4.78, 5) is 0. The third-order valence-electron chi connectivity index (χ3n) is 7.46. The Bertz CT molecular complexity index is 861. The molecule has 5 rings (SSSR count). The van der Waals surface area contributed by atoms with Crippen molar-refractivity contribution < 1.29 is 0 Å². The third kappa shape index (κ3) is 3.88. The first-order valence-corrected chi connectivity index (χ1v) is 11.5. The van der Waals surface area contributed by atoms with Gasteiger partial charge in [-0.25, -0.2) is 10.9 Å². The highest BCUT2D eigenvalue weighted by Crippen LogP contribution is 2.46. The van der Waals surface area contributed by atoms with Crippen LogP contribution in [0.4, 0.5) is 0 Å². The Labute approximate surface area is 175 Å². The van der Waals surface area contributed by atoms with Gasteiger partial charge in [0.2, 0.25) is 0 Å². The Kier molecular flexibility index (Phi) is 5.23. The molecule has 3 unspecified atom stereocenters. The average molecular weight is 390 g/mol. The number of fused-ring (bicyclic) bond motifs is 3. The molecule has 1 saturated carbocycles. The van der Waals surface area contributed by atoms with Crippen LogP contribution in [0.3, 0.4) is 0 Å². The van der Waals surface area contributed by atoms with Crippen molar-refractivity contribution in [3.63, 3.8) is 0 Å². The fourth-order valence-corrected chi connectivity index (χ4v) is 5.88. The summed E-state index contributed by atoms with van der Waals surface area (Å²) in [5.41, 5.74) is 15.8. The molecule has 0 spiro atoms. The zero-order valence-corrected chi connectivity index (χ0v) is 18.1. The van der Waals surface area contributed by atoms with E-state index in [1.807, 2.05) is 0 Å². The van der Waals surface area contributed by atoms with Gasteiger partial charge >= 0.3 is 0 Å². The lowest BCUT2D eigenvalue weighted by Crippen LogP contribution is -2.32. The van der Waals surface area contributed by atoms with Gasteiger partial charge in [-0.05, 0) is 74.1 Å². The van der Waals surface area contributed by atoms with E-state index < -0.39 is 0 Å². The molecule has 1 saturated heterocycles. The van der Waals surface area contributed by atoms with Crippen LogP contribution in [0.1, 0.15) is 78.1 Å². The minimum absolute atomic E-state index is 0.386. The van der Waals surface area contributed by atoms with Gasteiger partial charge in [0, 0.05) is 18.5 Å². The van der Waals surface area contributed by atoms with E-state index in [2.05, 4.69) is 73.3 Å². The summed E-state index contributed by atoms with van der Waals surface area (Å²) in [6.07, 6.45) is 6.59.